The number of nitrogens with one attached hydrogen (secondary N) is 2. The lowest BCUT2D eigenvalue weighted by Gasteiger charge is -2.43. The molecule has 2 aromatic rings. The van der Waals surface area contributed by atoms with Crippen molar-refractivity contribution in [2.45, 2.75) is 76.1 Å². The van der Waals surface area contributed by atoms with Crippen molar-refractivity contribution in [3.05, 3.63) is 30.0 Å². The van der Waals surface area contributed by atoms with E-state index < -0.39 is 0 Å². The lowest BCUT2D eigenvalue weighted by molar-refractivity contribution is -0.120. The molecule has 41 heavy (non-hydrogen) atoms. The maximum Gasteiger partial charge on any atom is 0.251 e. The summed E-state index contributed by atoms with van der Waals surface area (Å²) in [6.45, 7) is 5.24. The van der Waals surface area contributed by atoms with Gasteiger partial charge in [0, 0.05) is 37.8 Å². The zero-order valence-corrected chi connectivity index (χ0v) is 24.3. The molecule has 1 saturated carbocycles. The first-order valence-electron chi connectivity index (χ1n) is 15.0. The zero-order chi connectivity index (χ0) is 28.5. The molecule has 4 aliphatic rings. The molecule has 0 spiro atoms. The Balaban J connectivity index is 1.17. The molecule has 11 heteroatoms. The van der Waals surface area contributed by atoms with Crippen LogP contribution in [0.25, 0.3) is 0 Å². The number of morpholine rings is 1. The van der Waals surface area contributed by atoms with Crippen LogP contribution in [-0.4, -0.2) is 91.3 Å². The Bertz CT molecular complexity index is 1280. The second kappa shape index (κ2) is 11.8. The third kappa shape index (κ3) is 5.44. The van der Waals surface area contributed by atoms with E-state index in [-0.39, 0.29) is 24.0 Å². The van der Waals surface area contributed by atoms with Gasteiger partial charge in [-0.3, -0.25) is 14.5 Å². The highest BCUT2D eigenvalue weighted by atomic mass is 16.5. The summed E-state index contributed by atoms with van der Waals surface area (Å²) in [6, 6.07) is 5.89. The minimum Gasteiger partial charge on any atom is -0.495 e. The number of benzene rings is 1. The van der Waals surface area contributed by atoms with Gasteiger partial charge in [0.1, 0.15) is 17.5 Å². The van der Waals surface area contributed by atoms with Gasteiger partial charge in [-0.25, -0.2) is 4.98 Å². The first-order chi connectivity index (χ1) is 20.0. The molecule has 11 nitrogen and oxygen atoms in total. The van der Waals surface area contributed by atoms with Gasteiger partial charge in [0.2, 0.25) is 11.9 Å². The molecule has 1 aromatic carbocycles. The number of hydrogen-bond donors (Lipinski definition) is 2. The number of rotatable bonds is 8. The minimum absolute atomic E-state index is 0.00253. The fraction of sp³-hybridized carbons (Fsp3) is 0.600. The minimum atomic E-state index is -0.235. The largest absolute Gasteiger partial charge is 0.495 e. The second-order valence-electron chi connectivity index (χ2n) is 11.6. The molecule has 2 amide bonds. The van der Waals surface area contributed by atoms with E-state index in [1.807, 2.05) is 6.07 Å². The Morgan fingerprint density at radius 2 is 1.98 bits per heavy atom. The summed E-state index contributed by atoms with van der Waals surface area (Å²) in [4.78, 5) is 41.9. The van der Waals surface area contributed by atoms with Crippen LogP contribution in [0.2, 0.25) is 0 Å². The normalized spacial score (nSPS) is 24.8. The Kier molecular flexibility index (Phi) is 7.99. The van der Waals surface area contributed by atoms with Crippen LogP contribution in [0.4, 0.5) is 23.1 Å². The fourth-order valence-corrected chi connectivity index (χ4v) is 6.82. The monoisotopic (exact) mass is 563 g/mol. The average molecular weight is 564 g/mol. The van der Waals surface area contributed by atoms with Crippen molar-refractivity contribution in [3.8, 4) is 5.75 Å². The van der Waals surface area contributed by atoms with Gasteiger partial charge < -0.3 is 29.9 Å². The number of carbonyl (C=O) groups is 2. The van der Waals surface area contributed by atoms with Crippen molar-refractivity contribution in [3.63, 3.8) is 0 Å². The number of hydrogen-bond acceptors (Lipinski definition) is 9. The molecular formula is C30H41N7O4. The van der Waals surface area contributed by atoms with Crippen LogP contribution in [-0.2, 0) is 9.53 Å². The molecule has 1 aliphatic carbocycles. The van der Waals surface area contributed by atoms with Crippen LogP contribution in [0, 0.1) is 0 Å². The molecule has 3 atom stereocenters. The third-order valence-electron chi connectivity index (χ3n) is 9.07. The summed E-state index contributed by atoms with van der Waals surface area (Å²) in [5.74, 6) is 1.62. The standard InChI is InChI=1S/C30H41N7O4/c1-4-24-29(39)35(2)25-16-32-30(34-27(25)37(24)20-8-5-6-9-20)33-23-12-11-19(14-26(23)40-3)28(38)31-15-22-17-36-13-7-10-21(36)18-41-22/h11-12,14,16,20-22,24H,4-10,13,15,17-18H2,1-3H3,(H,31,38)(H,32,33,34)/t21-,22-,24-/m1/s1. The molecule has 1 aromatic heterocycles. The molecule has 0 bridgehead atoms. The summed E-state index contributed by atoms with van der Waals surface area (Å²) in [5.41, 5.74) is 1.88. The van der Waals surface area contributed by atoms with E-state index in [9.17, 15) is 9.59 Å². The molecular weight excluding hydrogens is 522 g/mol. The van der Waals surface area contributed by atoms with Crippen LogP contribution >= 0.6 is 0 Å². The number of aromatic nitrogens is 2. The van der Waals surface area contributed by atoms with Crippen molar-refractivity contribution in [1.29, 1.82) is 0 Å². The zero-order valence-electron chi connectivity index (χ0n) is 24.3. The van der Waals surface area contributed by atoms with Crippen molar-refractivity contribution in [2.75, 3.05) is 55.5 Å². The number of nitrogens with zero attached hydrogens (tertiary/aromatic N) is 5. The van der Waals surface area contributed by atoms with E-state index in [1.54, 1.807) is 37.4 Å². The van der Waals surface area contributed by atoms with E-state index in [1.165, 1.54) is 12.8 Å². The number of anilines is 4. The number of likely N-dealkylation sites (N-methyl/N-ethyl adjacent to an activating group) is 1. The van der Waals surface area contributed by atoms with Crippen molar-refractivity contribution in [2.24, 2.45) is 0 Å². The van der Waals surface area contributed by atoms with Crippen LogP contribution in [0.3, 0.4) is 0 Å². The van der Waals surface area contributed by atoms with Gasteiger partial charge in [0.25, 0.3) is 5.91 Å². The van der Waals surface area contributed by atoms with Gasteiger partial charge in [-0.1, -0.05) is 19.8 Å². The van der Waals surface area contributed by atoms with Crippen LogP contribution in [0.15, 0.2) is 24.4 Å². The van der Waals surface area contributed by atoms with E-state index >= 15 is 0 Å². The summed E-state index contributed by atoms with van der Waals surface area (Å²) < 4.78 is 11.6. The average Bonchev–Trinajstić information content (AvgIpc) is 3.70. The van der Waals surface area contributed by atoms with E-state index in [0.29, 0.717) is 41.6 Å². The Labute approximate surface area is 241 Å². The molecule has 3 aliphatic heterocycles. The van der Waals surface area contributed by atoms with Gasteiger partial charge in [-0.2, -0.15) is 4.98 Å². The van der Waals surface area contributed by atoms with Crippen molar-refractivity contribution >= 4 is 35.0 Å². The van der Waals surface area contributed by atoms with Gasteiger partial charge in [-0.15, -0.1) is 0 Å². The summed E-state index contributed by atoms with van der Waals surface area (Å²) >= 11 is 0. The first-order valence-corrected chi connectivity index (χ1v) is 15.0. The molecule has 0 unspecified atom stereocenters. The number of amides is 2. The SMILES string of the molecule is CC[C@@H]1C(=O)N(C)c2cnc(Nc3ccc(C(=O)NC[C@@H]4CN5CCC[C@@H]5CO4)cc3OC)nc2N1C1CCCC1. The molecule has 6 rings (SSSR count). The molecule has 2 saturated heterocycles. The van der Waals surface area contributed by atoms with Crippen molar-refractivity contribution < 1.29 is 19.1 Å². The highest BCUT2D eigenvalue weighted by Gasteiger charge is 2.41. The molecule has 0 radical (unpaired) electrons. The molecule has 4 heterocycles. The number of methoxy groups -OCH3 is 1. The van der Waals surface area contributed by atoms with Gasteiger partial charge in [0.05, 0.1) is 31.7 Å². The smallest absolute Gasteiger partial charge is 0.251 e. The molecule has 220 valence electrons. The Morgan fingerprint density at radius 1 is 1.17 bits per heavy atom. The topological polar surface area (TPSA) is 112 Å². The van der Waals surface area contributed by atoms with Gasteiger partial charge >= 0.3 is 0 Å². The maximum absolute atomic E-state index is 13.2. The third-order valence-corrected chi connectivity index (χ3v) is 9.07. The van der Waals surface area contributed by atoms with Crippen LogP contribution in [0.5, 0.6) is 5.75 Å². The molecule has 3 fully saturated rings. The van der Waals surface area contributed by atoms with E-state index in [2.05, 4.69) is 32.3 Å². The summed E-state index contributed by atoms with van der Waals surface area (Å²) in [6.07, 6.45) is 9.29. The highest BCUT2D eigenvalue weighted by molar-refractivity contribution is 6.04. The predicted octanol–water partition coefficient (Wildman–Crippen LogP) is 3.33. The lowest BCUT2D eigenvalue weighted by Crippen LogP contribution is -2.55. The highest BCUT2D eigenvalue weighted by Crippen LogP contribution is 2.40. The summed E-state index contributed by atoms with van der Waals surface area (Å²) in [5, 5.41) is 6.30. The van der Waals surface area contributed by atoms with Crippen LogP contribution in [0.1, 0.15) is 62.2 Å². The second-order valence-corrected chi connectivity index (χ2v) is 11.6. The van der Waals surface area contributed by atoms with Gasteiger partial charge in [0.15, 0.2) is 5.82 Å². The van der Waals surface area contributed by atoms with Gasteiger partial charge in [-0.05, 0) is 56.8 Å². The number of carbonyl (C=O) groups excluding carboxylic acids is 2. The van der Waals surface area contributed by atoms with E-state index in [0.717, 1.165) is 63.3 Å². The lowest BCUT2D eigenvalue weighted by atomic mass is 10.0. The first kappa shape index (κ1) is 27.7. The Hall–Kier alpha value is -3.44. The number of ether oxygens (including phenoxy) is 2. The number of fused-ring (bicyclic) bond motifs is 2. The predicted molar refractivity (Wildman–Crippen MR) is 157 cm³/mol. The van der Waals surface area contributed by atoms with Crippen LogP contribution < -0.4 is 25.2 Å². The molecule has 2 N–H and O–H groups in total. The van der Waals surface area contributed by atoms with E-state index in [4.69, 9.17) is 14.5 Å². The summed E-state index contributed by atoms with van der Waals surface area (Å²) in [7, 11) is 3.37. The Morgan fingerprint density at radius 3 is 2.76 bits per heavy atom. The fourth-order valence-electron chi connectivity index (χ4n) is 6.82. The maximum atomic E-state index is 13.2. The quantitative estimate of drug-likeness (QED) is 0.500. The van der Waals surface area contributed by atoms with Crippen molar-refractivity contribution in [1.82, 2.24) is 20.2 Å².